The standard InChI is InChI=1S/C24H19ClN2O5S/c1-3-30-23(29)20-13(2)26-24-27(21(20)15-6-4-5-7-16(15)25)22(28)19(33-24)11-14-8-9-17-18(10-14)32-12-31-17/h4-11,21H,3,12H2,1-2H3. The van der Waals surface area contributed by atoms with Crippen molar-refractivity contribution in [1.29, 1.82) is 0 Å². The minimum absolute atomic E-state index is 0.175. The lowest BCUT2D eigenvalue weighted by Crippen LogP contribution is -2.40. The van der Waals surface area contributed by atoms with Crippen LogP contribution in [-0.2, 0) is 9.53 Å². The van der Waals surface area contributed by atoms with E-state index in [4.69, 9.17) is 25.8 Å². The first kappa shape index (κ1) is 21.5. The van der Waals surface area contributed by atoms with E-state index in [0.717, 1.165) is 5.56 Å². The number of fused-ring (bicyclic) bond motifs is 2. The van der Waals surface area contributed by atoms with Gasteiger partial charge in [-0.05, 0) is 49.2 Å². The van der Waals surface area contributed by atoms with E-state index in [1.165, 1.54) is 15.9 Å². The molecule has 1 unspecified atom stereocenters. The highest BCUT2D eigenvalue weighted by atomic mass is 35.5. The smallest absolute Gasteiger partial charge is 0.338 e. The van der Waals surface area contributed by atoms with Gasteiger partial charge in [-0.15, -0.1) is 0 Å². The van der Waals surface area contributed by atoms with Crippen molar-refractivity contribution in [1.82, 2.24) is 4.57 Å². The van der Waals surface area contributed by atoms with Gasteiger partial charge in [-0.2, -0.15) is 0 Å². The quantitative estimate of drug-likeness (QED) is 0.534. The van der Waals surface area contributed by atoms with Gasteiger partial charge in [-0.3, -0.25) is 9.36 Å². The summed E-state index contributed by atoms with van der Waals surface area (Å²) in [5, 5.41) is 0.448. The van der Waals surface area contributed by atoms with Gasteiger partial charge < -0.3 is 14.2 Å². The zero-order chi connectivity index (χ0) is 23.1. The minimum atomic E-state index is -0.743. The molecule has 1 aromatic heterocycles. The summed E-state index contributed by atoms with van der Waals surface area (Å²) in [7, 11) is 0. The van der Waals surface area contributed by atoms with Crippen molar-refractivity contribution in [3.05, 3.63) is 89.6 Å². The number of hydrogen-bond acceptors (Lipinski definition) is 7. The third-order valence-corrected chi connectivity index (χ3v) is 6.74. The molecule has 0 saturated heterocycles. The van der Waals surface area contributed by atoms with E-state index in [-0.39, 0.29) is 19.0 Å². The summed E-state index contributed by atoms with van der Waals surface area (Å²) in [6.07, 6.45) is 1.78. The summed E-state index contributed by atoms with van der Waals surface area (Å²) in [4.78, 5) is 31.5. The van der Waals surface area contributed by atoms with Gasteiger partial charge >= 0.3 is 5.97 Å². The minimum Gasteiger partial charge on any atom is -0.463 e. The second kappa shape index (κ2) is 8.53. The summed E-state index contributed by atoms with van der Waals surface area (Å²) >= 11 is 7.76. The van der Waals surface area contributed by atoms with Crippen LogP contribution in [0.4, 0.5) is 0 Å². The zero-order valence-corrected chi connectivity index (χ0v) is 19.4. The average Bonchev–Trinajstić information content (AvgIpc) is 3.37. The molecule has 3 heterocycles. The second-order valence-corrected chi connectivity index (χ2v) is 8.85. The lowest BCUT2D eigenvalue weighted by molar-refractivity contribution is -0.139. The van der Waals surface area contributed by atoms with Crippen LogP contribution in [0.1, 0.15) is 31.0 Å². The molecular formula is C24H19ClN2O5S. The average molecular weight is 483 g/mol. The van der Waals surface area contributed by atoms with Crippen molar-refractivity contribution in [3.63, 3.8) is 0 Å². The highest BCUT2D eigenvalue weighted by Crippen LogP contribution is 2.35. The fraction of sp³-hybridized carbons (Fsp3) is 0.208. The van der Waals surface area contributed by atoms with Crippen molar-refractivity contribution in [2.24, 2.45) is 4.99 Å². The molecule has 2 aromatic carbocycles. The molecule has 0 N–H and O–H groups in total. The largest absolute Gasteiger partial charge is 0.463 e. The number of thiazole rings is 1. The van der Waals surface area contributed by atoms with Crippen LogP contribution >= 0.6 is 22.9 Å². The fourth-order valence-corrected chi connectivity index (χ4v) is 5.22. The van der Waals surface area contributed by atoms with Crippen LogP contribution in [0, 0.1) is 0 Å². The number of carbonyl (C=O) groups is 1. The van der Waals surface area contributed by atoms with E-state index in [1.54, 1.807) is 44.2 Å². The van der Waals surface area contributed by atoms with Crippen molar-refractivity contribution >= 4 is 35.0 Å². The SMILES string of the molecule is CCOC(=O)C1=C(C)N=c2sc(=Cc3ccc4c(c3)OCO4)c(=O)n2C1c1ccccc1Cl. The molecule has 5 rings (SSSR count). The number of halogens is 1. The first-order valence-corrected chi connectivity index (χ1v) is 11.5. The van der Waals surface area contributed by atoms with Crippen molar-refractivity contribution in [2.75, 3.05) is 13.4 Å². The molecule has 0 bridgehead atoms. The fourth-order valence-electron chi connectivity index (χ4n) is 3.94. The molecule has 9 heteroatoms. The Hall–Kier alpha value is -3.36. The van der Waals surface area contributed by atoms with E-state index in [9.17, 15) is 9.59 Å². The molecule has 168 valence electrons. The van der Waals surface area contributed by atoms with Gasteiger partial charge in [0.1, 0.15) is 6.04 Å². The molecular weight excluding hydrogens is 464 g/mol. The highest BCUT2D eigenvalue weighted by Gasteiger charge is 2.34. The van der Waals surface area contributed by atoms with Gasteiger partial charge in [0, 0.05) is 5.02 Å². The molecule has 2 aliphatic rings. The van der Waals surface area contributed by atoms with Crippen LogP contribution < -0.4 is 24.4 Å². The third kappa shape index (κ3) is 3.75. The van der Waals surface area contributed by atoms with Gasteiger partial charge in [0.25, 0.3) is 5.56 Å². The number of hydrogen-bond donors (Lipinski definition) is 0. The van der Waals surface area contributed by atoms with Crippen LogP contribution in [0.5, 0.6) is 11.5 Å². The topological polar surface area (TPSA) is 79.1 Å². The van der Waals surface area contributed by atoms with E-state index >= 15 is 0 Å². The summed E-state index contributed by atoms with van der Waals surface area (Å²) in [5.41, 5.74) is 1.95. The summed E-state index contributed by atoms with van der Waals surface area (Å²) in [5.74, 6) is 0.779. The molecule has 2 aliphatic heterocycles. The lowest BCUT2D eigenvalue weighted by Gasteiger charge is -2.25. The van der Waals surface area contributed by atoms with E-state index in [0.29, 0.717) is 42.7 Å². The summed E-state index contributed by atoms with van der Waals surface area (Å²) in [6.45, 7) is 3.86. The monoisotopic (exact) mass is 482 g/mol. The molecule has 0 radical (unpaired) electrons. The summed E-state index contributed by atoms with van der Waals surface area (Å²) in [6, 6.07) is 11.9. The summed E-state index contributed by atoms with van der Waals surface area (Å²) < 4.78 is 18.1. The Balaban J connectivity index is 1.71. The first-order chi connectivity index (χ1) is 16.0. The van der Waals surface area contributed by atoms with Gasteiger partial charge in [-0.25, -0.2) is 9.79 Å². The second-order valence-electron chi connectivity index (χ2n) is 7.44. The Morgan fingerprint density at radius 3 is 2.85 bits per heavy atom. The molecule has 7 nitrogen and oxygen atoms in total. The zero-order valence-electron chi connectivity index (χ0n) is 17.8. The molecule has 33 heavy (non-hydrogen) atoms. The van der Waals surface area contributed by atoms with Gasteiger partial charge in [-0.1, -0.05) is 47.2 Å². The van der Waals surface area contributed by atoms with Gasteiger partial charge in [0.15, 0.2) is 16.3 Å². The van der Waals surface area contributed by atoms with Crippen molar-refractivity contribution < 1.29 is 19.0 Å². The number of aromatic nitrogens is 1. The predicted octanol–water partition coefficient (Wildman–Crippen LogP) is 3.18. The first-order valence-electron chi connectivity index (χ1n) is 10.3. The third-order valence-electron chi connectivity index (χ3n) is 5.41. The Morgan fingerprint density at radius 2 is 2.06 bits per heavy atom. The number of rotatable bonds is 4. The van der Waals surface area contributed by atoms with E-state index < -0.39 is 12.0 Å². The van der Waals surface area contributed by atoms with Crippen LogP contribution in [0.25, 0.3) is 6.08 Å². The number of esters is 1. The molecule has 0 spiro atoms. The number of carbonyl (C=O) groups excluding carboxylic acids is 1. The van der Waals surface area contributed by atoms with Gasteiger partial charge in [0.2, 0.25) is 6.79 Å². The predicted molar refractivity (Wildman–Crippen MR) is 124 cm³/mol. The van der Waals surface area contributed by atoms with Gasteiger partial charge in [0.05, 0.1) is 22.4 Å². The lowest BCUT2D eigenvalue weighted by atomic mass is 9.96. The normalized spacial score (nSPS) is 17.1. The highest BCUT2D eigenvalue weighted by molar-refractivity contribution is 7.07. The maximum Gasteiger partial charge on any atom is 0.338 e. The maximum atomic E-state index is 13.6. The Morgan fingerprint density at radius 1 is 1.27 bits per heavy atom. The molecule has 3 aromatic rings. The molecule has 0 amide bonds. The maximum absolute atomic E-state index is 13.6. The number of ether oxygens (including phenoxy) is 3. The molecule has 0 fully saturated rings. The Labute approximate surface area is 197 Å². The van der Waals surface area contributed by atoms with Crippen molar-refractivity contribution in [2.45, 2.75) is 19.9 Å². The molecule has 0 saturated carbocycles. The Kier molecular flexibility index (Phi) is 5.55. The van der Waals surface area contributed by atoms with E-state index in [2.05, 4.69) is 4.99 Å². The molecule has 0 aliphatic carbocycles. The number of benzene rings is 2. The number of allylic oxidation sites excluding steroid dienone is 1. The van der Waals surface area contributed by atoms with Crippen molar-refractivity contribution in [3.8, 4) is 11.5 Å². The van der Waals surface area contributed by atoms with Crippen LogP contribution in [-0.4, -0.2) is 23.9 Å². The van der Waals surface area contributed by atoms with Crippen LogP contribution in [0.3, 0.4) is 0 Å². The van der Waals surface area contributed by atoms with Crippen LogP contribution in [0.15, 0.2) is 63.5 Å². The van der Waals surface area contributed by atoms with E-state index in [1.807, 2.05) is 18.2 Å². The Bertz CT molecular complexity index is 1490. The number of nitrogens with zero attached hydrogens (tertiary/aromatic N) is 2. The molecule has 1 atom stereocenters. The van der Waals surface area contributed by atoms with Crippen LogP contribution in [0.2, 0.25) is 5.02 Å².